The van der Waals surface area contributed by atoms with Crippen molar-refractivity contribution in [2.24, 2.45) is 0 Å². The van der Waals surface area contributed by atoms with Gasteiger partial charge in [0.05, 0.1) is 10.2 Å². The normalized spacial score (nSPS) is 11.5. The lowest BCUT2D eigenvalue weighted by Gasteiger charge is -1.98. The monoisotopic (exact) mass is 285 g/mol. The van der Waals surface area contributed by atoms with Gasteiger partial charge in [0.2, 0.25) is 0 Å². The average molecular weight is 286 g/mol. The van der Waals surface area contributed by atoms with E-state index in [1.165, 1.54) is 10.3 Å². The van der Waals surface area contributed by atoms with Crippen molar-refractivity contribution in [2.45, 2.75) is 6.92 Å². The van der Waals surface area contributed by atoms with E-state index < -0.39 is 0 Å². The minimum Gasteiger partial charge on any atom is -0.237 e. The highest BCUT2D eigenvalue weighted by Gasteiger charge is 2.00. The van der Waals surface area contributed by atoms with Crippen molar-refractivity contribution in [1.82, 2.24) is 4.98 Å². The molecule has 3 aromatic rings. The van der Waals surface area contributed by atoms with E-state index in [9.17, 15) is 0 Å². The van der Waals surface area contributed by atoms with E-state index in [-0.39, 0.29) is 0 Å². The fourth-order valence-corrected chi connectivity index (χ4v) is 3.06. The molecular weight excluding hydrogens is 274 g/mol. The maximum atomic E-state index is 6.21. The summed E-state index contributed by atoms with van der Waals surface area (Å²) in [6.07, 6.45) is 4.03. The van der Waals surface area contributed by atoms with E-state index in [1.54, 1.807) is 11.3 Å². The lowest BCUT2D eigenvalue weighted by Crippen LogP contribution is -1.77. The Bertz CT molecular complexity index is 725. The van der Waals surface area contributed by atoms with Crippen molar-refractivity contribution in [2.75, 3.05) is 0 Å². The summed E-state index contributed by atoms with van der Waals surface area (Å²) in [6, 6.07) is 14.2. The lowest BCUT2D eigenvalue weighted by molar-refractivity contribution is 1.45. The van der Waals surface area contributed by atoms with Crippen LogP contribution in [0.5, 0.6) is 0 Å². The number of hydrogen-bond donors (Lipinski definition) is 0. The first kappa shape index (κ1) is 12.4. The van der Waals surface area contributed by atoms with Gasteiger partial charge in [0.1, 0.15) is 5.01 Å². The molecule has 1 aromatic heterocycles. The molecule has 19 heavy (non-hydrogen) atoms. The summed E-state index contributed by atoms with van der Waals surface area (Å²) in [5.41, 5.74) is 3.23. The van der Waals surface area contributed by atoms with Crippen LogP contribution < -0.4 is 0 Å². The molecule has 0 radical (unpaired) electrons. The number of para-hydroxylation sites is 1. The molecule has 0 amide bonds. The Hall–Kier alpha value is -1.64. The predicted molar refractivity (Wildman–Crippen MR) is 84.7 cm³/mol. The van der Waals surface area contributed by atoms with Crippen LogP contribution in [-0.4, -0.2) is 4.98 Å². The molecule has 0 atom stereocenters. The molecule has 0 spiro atoms. The lowest BCUT2D eigenvalue weighted by atomic mass is 10.1. The van der Waals surface area contributed by atoms with Gasteiger partial charge in [0.15, 0.2) is 0 Å². The predicted octanol–water partition coefficient (Wildman–Crippen LogP) is 5.43. The van der Waals surface area contributed by atoms with Gasteiger partial charge in [-0.3, -0.25) is 0 Å². The largest absolute Gasteiger partial charge is 0.237 e. The van der Waals surface area contributed by atoms with E-state index in [4.69, 9.17) is 11.6 Å². The number of nitrogens with zero attached hydrogens (tertiary/aromatic N) is 1. The minimum atomic E-state index is 0.775. The molecule has 3 heteroatoms. The van der Waals surface area contributed by atoms with Crippen LogP contribution in [0, 0.1) is 6.92 Å². The Morgan fingerprint density at radius 1 is 1.11 bits per heavy atom. The summed E-state index contributed by atoms with van der Waals surface area (Å²) in [5, 5.41) is 1.77. The zero-order valence-electron chi connectivity index (χ0n) is 10.4. The highest BCUT2D eigenvalue weighted by atomic mass is 35.5. The fourth-order valence-electron chi connectivity index (χ4n) is 1.89. The van der Waals surface area contributed by atoms with Crippen LogP contribution in [0.15, 0.2) is 42.5 Å². The van der Waals surface area contributed by atoms with Crippen LogP contribution in [0.4, 0.5) is 0 Å². The van der Waals surface area contributed by atoms with Crippen LogP contribution in [-0.2, 0) is 0 Å². The number of aromatic nitrogens is 1. The van der Waals surface area contributed by atoms with Crippen molar-refractivity contribution >= 4 is 45.3 Å². The molecule has 0 N–H and O–H groups in total. The number of benzene rings is 2. The van der Waals surface area contributed by atoms with Crippen molar-refractivity contribution in [3.63, 3.8) is 0 Å². The molecular formula is C16H12ClNS. The van der Waals surface area contributed by atoms with Crippen LogP contribution in [0.3, 0.4) is 0 Å². The van der Waals surface area contributed by atoms with Crippen molar-refractivity contribution < 1.29 is 0 Å². The number of thiazole rings is 1. The van der Waals surface area contributed by atoms with Gasteiger partial charge >= 0.3 is 0 Å². The first-order chi connectivity index (χ1) is 9.22. The molecule has 0 fully saturated rings. The summed E-state index contributed by atoms with van der Waals surface area (Å²) >= 11 is 7.89. The second kappa shape index (κ2) is 5.16. The number of rotatable bonds is 2. The van der Waals surface area contributed by atoms with E-state index in [2.05, 4.69) is 17.1 Å². The molecule has 1 heterocycles. The minimum absolute atomic E-state index is 0.775. The van der Waals surface area contributed by atoms with Crippen molar-refractivity contribution in [1.29, 1.82) is 0 Å². The molecule has 0 aliphatic heterocycles. The molecule has 94 valence electrons. The van der Waals surface area contributed by atoms with Crippen LogP contribution in [0.1, 0.15) is 16.1 Å². The van der Waals surface area contributed by atoms with Gasteiger partial charge in [0, 0.05) is 5.02 Å². The molecule has 0 aliphatic carbocycles. The van der Waals surface area contributed by atoms with Gasteiger partial charge in [-0.15, -0.1) is 11.3 Å². The maximum absolute atomic E-state index is 6.21. The molecule has 2 aromatic carbocycles. The maximum Gasteiger partial charge on any atom is 0.117 e. The summed E-state index contributed by atoms with van der Waals surface area (Å²) in [6.45, 7) is 2.03. The number of aryl methyl sites for hydroxylation is 1. The van der Waals surface area contributed by atoms with Gasteiger partial charge < -0.3 is 0 Å². The van der Waals surface area contributed by atoms with Crippen LogP contribution >= 0.6 is 22.9 Å². The van der Waals surface area contributed by atoms with Crippen LogP contribution in [0.25, 0.3) is 22.4 Å². The number of hydrogen-bond acceptors (Lipinski definition) is 2. The Morgan fingerprint density at radius 3 is 2.74 bits per heavy atom. The molecule has 0 aliphatic rings. The third-order valence-corrected chi connectivity index (χ3v) is 4.20. The standard InChI is InChI=1S/C16H12ClNS/c1-11-6-7-12(13(17)10-11)8-9-16-18-14-4-2-3-5-15(14)19-16/h2-10H,1H3/b9-8+. The summed E-state index contributed by atoms with van der Waals surface area (Å²) in [4.78, 5) is 4.56. The smallest absolute Gasteiger partial charge is 0.117 e. The zero-order valence-corrected chi connectivity index (χ0v) is 12.0. The van der Waals surface area contributed by atoms with Gasteiger partial charge in [-0.2, -0.15) is 0 Å². The van der Waals surface area contributed by atoms with E-state index in [1.807, 2.05) is 49.4 Å². The number of fused-ring (bicyclic) bond motifs is 1. The van der Waals surface area contributed by atoms with Crippen molar-refractivity contribution in [3.8, 4) is 0 Å². The second-order valence-electron chi connectivity index (χ2n) is 4.38. The summed E-state index contributed by atoms with van der Waals surface area (Å²) < 4.78 is 1.21. The van der Waals surface area contributed by atoms with E-state index >= 15 is 0 Å². The molecule has 0 bridgehead atoms. The fraction of sp³-hybridized carbons (Fsp3) is 0.0625. The Balaban J connectivity index is 1.93. The highest BCUT2D eigenvalue weighted by molar-refractivity contribution is 7.19. The third-order valence-electron chi connectivity index (χ3n) is 2.87. The van der Waals surface area contributed by atoms with Gasteiger partial charge in [-0.25, -0.2) is 4.98 Å². The van der Waals surface area contributed by atoms with E-state index in [0.717, 1.165) is 21.1 Å². The van der Waals surface area contributed by atoms with Gasteiger partial charge in [0.25, 0.3) is 0 Å². The first-order valence-corrected chi connectivity index (χ1v) is 7.21. The van der Waals surface area contributed by atoms with Gasteiger partial charge in [-0.05, 0) is 42.3 Å². The molecule has 1 nitrogen and oxygen atoms in total. The molecule has 0 saturated carbocycles. The summed E-state index contributed by atoms with van der Waals surface area (Å²) in [7, 11) is 0. The number of halogens is 1. The van der Waals surface area contributed by atoms with Gasteiger partial charge in [-0.1, -0.05) is 41.9 Å². The Kier molecular flexibility index (Phi) is 3.36. The molecule has 0 saturated heterocycles. The second-order valence-corrected chi connectivity index (χ2v) is 5.85. The van der Waals surface area contributed by atoms with E-state index in [0.29, 0.717) is 0 Å². The zero-order chi connectivity index (χ0) is 13.2. The average Bonchev–Trinajstić information content (AvgIpc) is 2.80. The van der Waals surface area contributed by atoms with Crippen molar-refractivity contribution in [3.05, 3.63) is 63.6 Å². The Labute approximate surface area is 121 Å². The molecule has 3 rings (SSSR count). The topological polar surface area (TPSA) is 12.9 Å². The Morgan fingerprint density at radius 2 is 1.95 bits per heavy atom. The quantitative estimate of drug-likeness (QED) is 0.612. The first-order valence-electron chi connectivity index (χ1n) is 6.02. The third kappa shape index (κ3) is 2.70. The summed E-state index contributed by atoms with van der Waals surface area (Å²) in [5.74, 6) is 0. The molecule has 0 unspecified atom stereocenters. The highest BCUT2D eigenvalue weighted by Crippen LogP contribution is 2.24. The van der Waals surface area contributed by atoms with Crippen LogP contribution in [0.2, 0.25) is 5.02 Å². The SMILES string of the molecule is Cc1ccc(/C=C/c2nc3ccccc3s2)c(Cl)c1.